The van der Waals surface area contributed by atoms with Crippen molar-refractivity contribution in [1.29, 1.82) is 0 Å². The van der Waals surface area contributed by atoms with Gasteiger partial charge < -0.3 is 15.1 Å². The van der Waals surface area contributed by atoms with Crippen molar-refractivity contribution in [1.82, 2.24) is 14.9 Å². The van der Waals surface area contributed by atoms with Gasteiger partial charge in [-0.1, -0.05) is 12.8 Å². The van der Waals surface area contributed by atoms with Gasteiger partial charge in [0.1, 0.15) is 11.5 Å². The predicted molar refractivity (Wildman–Crippen MR) is 114 cm³/mol. The molecule has 3 rings (SSSR count). The van der Waals surface area contributed by atoms with Gasteiger partial charge in [-0.15, -0.1) is 0 Å². The maximum Gasteiger partial charge on any atom is 0.274 e. The summed E-state index contributed by atoms with van der Waals surface area (Å²) in [5.41, 5.74) is 3.78. The number of anilines is 3. The van der Waals surface area contributed by atoms with E-state index in [0.717, 1.165) is 50.3 Å². The molecule has 6 heteroatoms. The molecule has 0 atom stereocenters. The van der Waals surface area contributed by atoms with E-state index in [-0.39, 0.29) is 5.91 Å². The monoisotopic (exact) mass is 381 g/mol. The maximum atomic E-state index is 12.6. The van der Waals surface area contributed by atoms with Gasteiger partial charge >= 0.3 is 0 Å². The van der Waals surface area contributed by atoms with Crippen LogP contribution in [0.5, 0.6) is 0 Å². The Morgan fingerprint density at radius 1 is 1.07 bits per heavy atom. The second kappa shape index (κ2) is 9.53. The van der Waals surface area contributed by atoms with Crippen LogP contribution in [-0.4, -0.2) is 47.0 Å². The SMILES string of the molecule is CCN(CC)c1ccc(Nc2cnc(C(=O)N3CCCCCC3)cn2)c(C)c1. The van der Waals surface area contributed by atoms with Crippen LogP contribution in [0.1, 0.15) is 55.6 Å². The minimum absolute atomic E-state index is 0.0132. The van der Waals surface area contributed by atoms with E-state index >= 15 is 0 Å². The molecule has 0 spiro atoms. The minimum Gasteiger partial charge on any atom is -0.372 e. The van der Waals surface area contributed by atoms with E-state index in [2.05, 4.69) is 59.2 Å². The van der Waals surface area contributed by atoms with Crippen LogP contribution in [0.15, 0.2) is 30.6 Å². The van der Waals surface area contributed by atoms with Crippen LogP contribution < -0.4 is 10.2 Å². The lowest BCUT2D eigenvalue weighted by Gasteiger charge is -2.22. The summed E-state index contributed by atoms with van der Waals surface area (Å²) in [4.78, 5) is 25.6. The van der Waals surface area contributed by atoms with E-state index in [1.54, 1.807) is 12.4 Å². The molecule has 28 heavy (non-hydrogen) atoms. The predicted octanol–water partition coefficient (Wildman–Crippen LogP) is 4.39. The first-order chi connectivity index (χ1) is 13.6. The fraction of sp³-hybridized carbons (Fsp3) is 0.500. The number of benzene rings is 1. The number of aryl methyl sites for hydroxylation is 1. The maximum absolute atomic E-state index is 12.6. The van der Waals surface area contributed by atoms with Crippen molar-refractivity contribution in [2.75, 3.05) is 36.4 Å². The first-order valence-electron chi connectivity index (χ1n) is 10.4. The number of hydrogen-bond acceptors (Lipinski definition) is 5. The highest BCUT2D eigenvalue weighted by atomic mass is 16.2. The van der Waals surface area contributed by atoms with Gasteiger partial charge in [0.2, 0.25) is 0 Å². The fourth-order valence-electron chi connectivity index (χ4n) is 3.65. The van der Waals surface area contributed by atoms with Crippen molar-refractivity contribution in [3.8, 4) is 0 Å². The lowest BCUT2D eigenvalue weighted by Crippen LogP contribution is -2.32. The number of likely N-dealkylation sites (tertiary alicyclic amines) is 1. The number of hydrogen-bond donors (Lipinski definition) is 1. The Morgan fingerprint density at radius 3 is 2.36 bits per heavy atom. The molecule has 1 saturated heterocycles. The van der Waals surface area contributed by atoms with Gasteiger partial charge in [0, 0.05) is 37.6 Å². The third-order valence-corrected chi connectivity index (χ3v) is 5.37. The molecule has 2 aromatic rings. The van der Waals surface area contributed by atoms with Gasteiger partial charge in [-0.25, -0.2) is 9.97 Å². The van der Waals surface area contributed by atoms with Gasteiger partial charge in [0.25, 0.3) is 5.91 Å². The van der Waals surface area contributed by atoms with E-state index in [4.69, 9.17) is 0 Å². The summed E-state index contributed by atoms with van der Waals surface area (Å²) in [6, 6.07) is 6.37. The Hall–Kier alpha value is -2.63. The third kappa shape index (κ3) is 4.80. The van der Waals surface area contributed by atoms with Crippen LogP contribution in [0.4, 0.5) is 17.2 Å². The van der Waals surface area contributed by atoms with E-state index in [0.29, 0.717) is 11.5 Å². The van der Waals surface area contributed by atoms with Crippen LogP contribution in [0.3, 0.4) is 0 Å². The summed E-state index contributed by atoms with van der Waals surface area (Å²) in [6.07, 6.45) is 7.76. The van der Waals surface area contributed by atoms with Gasteiger partial charge in [0.15, 0.2) is 0 Å². The molecule has 0 unspecified atom stereocenters. The largest absolute Gasteiger partial charge is 0.372 e. The van der Waals surface area contributed by atoms with Crippen molar-refractivity contribution in [3.63, 3.8) is 0 Å². The molecule has 0 aliphatic carbocycles. The summed E-state index contributed by atoms with van der Waals surface area (Å²) in [6.45, 7) is 10.0. The number of amides is 1. The van der Waals surface area contributed by atoms with Crippen molar-refractivity contribution >= 4 is 23.1 Å². The van der Waals surface area contributed by atoms with E-state index in [1.807, 2.05) is 4.90 Å². The number of carbonyl (C=O) groups excluding carboxylic acids is 1. The average Bonchev–Trinajstić information content (AvgIpc) is 3.00. The summed E-state index contributed by atoms with van der Waals surface area (Å²) >= 11 is 0. The van der Waals surface area contributed by atoms with Crippen molar-refractivity contribution < 1.29 is 4.79 Å². The highest BCUT2D eigenvalue weighted by Crippen LogP contribution is 2.25. The average molecular weight is 382 g/mol. The topological polar surface area (TPSA) is 61.4 Å². The number of carbonyl (C=O) groups is 1. The van der Waals surface area contributed by atoms with Gasteiger partial charge in [-0.2, -0.15) is 0 Å². The second-order valence-corrected chi connectivity index (χ2v) is 7.29. The first-order valence-corrected chi connectivity index (χ1v) is 10.4. The standard InChI is InChI=1S/C22H31N5O/c1-4-26(5-2)18-10-11-19(17(3)14-18)25-21-16-23-20(15-24-21)22(28)27-12-8-6-7-9-13-27/h10-11,14-16H,4-9,12-13H2,1-3H3,(H,24,25). The van der Waals surface area contributed by atoms with Crippen LogP contribution in [-0.2, 0) is 0 Å². The first kappa shape index (κ1) is 20.1. The summed E-state index contributed by atoms with van der Waals surface area (Å²) in [5, 5.41) is 3.31. The molecule has 150 valence electrons. The Balaban J connectivity index is 1.68. The molecular weight excluding hydrogens is 350 g/mol. The number of rotatable bonds is 6. The zero-order valence-corrected chi connectivity index (χ0v) is 17.2. The molecule has 1 aliphatic heterocycles. The van der Waals surface area contributed by atoms with Crippen LogP contribution >= 0.6 is 0 Å². The number of nitrogens with zero attached hydrogens (tertiary/aromatic N) is 4. The Bertz CT molecular complexity index is 778. The molecule has 0 radical (unpaired) electrons. The molecule has 0 saturated carbocycles. The highest BCUT2D eigenvalue weighted by Gasteiger charge is 2.18. The molecule has 1 N–H and O–H groups in total. The summed E-state index contributed by atoms with van der Waals surface area (Å²) in [7, 11) is 0. The van der Waals surface area contributed by atoms with E-state index in [9.17, 15) is 4.79 Å². The molecular formula is C22H31N5O. The fourth-order valence-corrected chi connectivity index (χ4v) is 3.65. The Labute approximate surface area is 168 Å². The van der Waals surface area contributed by atoms with Crippen molar-refractivity contribution in [2.24, 2.45) is 0 Å². The normalized spacial score (nSPS) is 14.5. The quantitative estimate of drug-likeness (QED) is 0.804. The molecule has 1 amide bonds. The van der Waals surface area contributed by atoms with Gasteiger partial charge in [0.05, 0.1) is 12.4 Å². The highest BCUT2D eigenvalue weighted by molar-refractivity contribution is 5.92. The summed E-state index contributed by atoms with van der Waals surface area (Å²) < 4.78 is 0. The molecule has 1 aliphatic rings. The number of nitrogens with one attached hydrogen (secondary N) is 1. The molecule has 1 aromatic carbocycles. The lowest BCUT2D eigenvalue weighted by atomic mass is 10.1. The van der Waals surface area contributed by atoms with Gasteiger partial charge in [-0.05, 0) is 57.4 Å². The van der Waals surface area contributed by atoms with Crippen LogP contribution in [0.2, 0.25) is 0 Å². The van der Waals surface area contributed by atoms with E-state index < -0.39 is 0 Å². The second-order valence-electron chi connectivity index (χ2n) is 7.29. The molecule has 0 bridgehead atoms. The van der Waals surface area contributed by atoms with Crippen LogP contribution in [0, 0.1) is 6.92 Å². The summed E-state index contributed by atoms with van der Waals surface area (Å²) in [5.74, 6) is 0.631. The van der Waals surface area contributed by atoms with E-state index in [1.165, 1.54) is 18.5 Å². The smallest absolute Gasteiger partial charge is 0.274 e. The van der Waals surface area contributed by atoms with Gasteiger partial charge in [-0.3, -0.25) is 4.79 Å². The molecule has 6 nitrogen and oxygen atoms in total. The molecule has 1 fully saturated rings. The van der Waals surface area contributed by atoms with Crippen LogP contribution in [0.25, 0.3) is 0 Å². The number of aromatic nitrogens is 2. The molecule has 1 aromatic heterocycles. The minimum atomic E-state index is -0.0132. The Kier molecular flexibility index (Phi) is 6.85. The van der Waals surface area contributed by atoms with Crippen molar-refractivity contribution in [3.05, 3.63) is 41.9 Å². The Morgan fingerprint density at radius 2 is 1.79 bits per heavy atom. The zero-order chi connectivity index (χ0) is 19.9. The lowest BCUT2D eigenvalue weighted by molar-refractivity contribution is 0.0755. The zero-order valence-electron chi connectivity index (χ0n) is 17.2. The molecule has 2 heterocycles. The van der Waals surface area contributed by atoms with Crippen molar-refractivity contribution in [2.45, 2.75) is 46.5 Å². The third-order valence-electron chi connectivity index (χ3n) is 5.37.